The molecule has 3 aliphatic rings. The summed E-state index contributed by atoms with van der Waals surface area (Å²) in [5.74, 6) is -1.12. The van der Waals surface area contributed by atoms with E-state index < -0.39 is 29.6 Å². The molecule has 8 heteroatoms. The number of rotatable bonds is 3. The number of piperidine rings is 1. The third kappa shape index (κ3) is 3.41. The van der Waals surface area contributed by atoms with Crippen LogP contribution >= 0.6 is 0 Å². The number of amides is 2. The van der Waals surface area contributed by atoms with Crippen LogP contribution in [-0.2, 0) is 14.3 Å². The molecule has 1 N–H and O–H groups in total. The normalized spacial score (nSPS) is 20.6. The molecular formula is C25H26N2O6. The van der Waals surface area contributed by atoms with Crippen molar-refractivity contribution in [2.45, 2.75) is 24.8 Å². The van der Waals surface area contributed by atoms with Gasteiger partial charge in [-0.25, -0.2) is 14.4 Å². The maximum atomic E-state index is 12.9. The van der Waals surface area contributed by atoms with Crippen molar-refractivity contribution in [3.05, 3.63) is 59.7 Å². The first-order valence-electron chi connectivity index (χ1n) is 11.1. The molecule has 1 spiro atoms. The molecular weight excluding hydrogens is 424 g/mol. The summed E-state index contributed by atoms with van der Waals surface area (Å²) in [7, 11) is 1.33. The molecule has 1 unspecified atom stereocenters. The molecule has 2 amide bonds. The van der Waals surface area contributed by atoms with E-state index in [-0.39, 0.29) is 12.5 Å². The average Bonchev–Trinajstić information content (AvgIpc) is 3.14. The Bertz CT molecular complexity index is 1060. The average molecular weight is 450 g/mol. The van der Waals surface area contributed by atoms with E-state index in [2.05, 4.69) is 12.1 Å². The predicted molar refractivity (Wildman–Crippen MR) is 119 cm³/mol. The van der Waals surface area contributed by atoms with E-state index in [1.165, 1.54) is 12.0 Å². The lowest BCUT2D eigenvalue weighted by atomic mass is 9.65. The van der Waals surface area contributed by atoms with Gasteiger partial charge in [0.05, 0.1) is 7.11 Å². The van der Waals surface area contributed by atoms with Gasteiger partial charge in [-0.05, 0) is 35.1 Å². The number of nitrogens with zero attached hydrogens (tertiary/aromatic N) is 2. The Morgan fingerprint density at radius 1 is 0.970 bits per heavy atom. The Kier molecular flexibility index (Phi) is 5.23. The molecule has 0 saturated carbocycles. The van der Waals surface area contributed by atoms with Crippen LogP contribution in [0.3, 0.4) is 0 Å². The van der Waals surface area contributed by atoms with Crippen LogP contribution in [0, 0.1) is 5.41 Å². The van der Waals surface area contributed by atoms with E-state index in [1.807, 2.05) is 36.4 Å². The number of methoxy groups -OCH3 is 1. The Morgan fingerprint density at radius 3 is 2.09 bits per heavy atom. The number of aliphatic carboxylic acids is 1. The van der Waals surface area contributed by atoms with Gasteiger partial charge in [0, 0.05) is 31.0 Å². The third-order valence-electron chi connectivity index (χ3n) is 7.37. The number of benzene rings is 2. The van der Waals surface area contributed by atoms with Crippen LogP contribution in [0.2, 0.25) is 0 Å². The standard InChI is InChI=1S/C25H26N2O6/c1-32-23(30)26-12-10-25(11-13-26)15-27(21(25)22(28)29)24(31)33-14-20-18-8-4-2-6-16(18)17-7-3-5-9-19(17)20/h2-9,20-21H,10-15H2,1H3,(H,28,29). The van der Waals surface area contributed by atoms with Crippen LogP contribution in [0.4, 0.5) is 9.59 Å². The number of likely N-dealkylation sites (tertiary alicyclic amines) is 2. The summed E-state index contributed by atoms with van der Waals surface area (Å²) in [5.41, 5.74) is 3.95. The Hall–Kier alpha value is -3.55. The maximum Gasteiger partial charge on any atom is 0.410 e. The molecule has 2 heterocycles. The molecule has 1 atom stereocenters. The fourth-order valence-electron chi connectivity index (χ4n) is 5.67. The highest BCUT2D eigenvalue weighted by molar-refractivity contribution is 5.84. The first-order valence-corrected chi connectivity index (χ1v) is 11.1. The van der Waals surface area contributed by atoms with Gasteiger partial charge >= 0.3 is 18.2 Å². The highest BCUT2D eigenvalue weighted by atomic mass is 16.6. The van der Waals surface area contributed by atoms with Gasteiger partial charge in [0.25, 0.3) is 0 Å². The third-order valence-corrected chi connectivity index (χ3v) is 7.37. The van der Waals surface area contributed by atoms with Crippen LogP contribution in [0.25, 0.3) is 11.1 Å². The minimum Gasteiger partial charge on any atom is -0.480 e. The molecule has 33 heavy (non-hydrogen) atoms. The Morgan fingerprint density at radius 2 is 1.55 bits per heavy atom. The Labute approximate surface area is 191 Å². The van der Waals surface area contributed by atoms with Crippen LogP contribution in [0.15, 0.2) is 48.5 Å². The largest absolute Gasteiger partial charge is 0.480 e. The van der Waals surface area contributed by atoms with Gasteiger partial charge in [-0.2, -0.15) is 0 Å². The van der Waals surface area contributed by atoms with Crippen molar-refractivity contribution >= 4 is 18.2 Å². The van der Waals surface area contributed by atoms with Gasteiger partial charge < -0.3 is 19.5 Å². The summed E-state index contributed by atoms with van der Waals surface area (Å²) in [6.07, 6.45) is -0.00643. The molecule has 2 aromatic rings. The molecule has 1 aliphatic carbocycles. The topological polar surface area (TPSA) is 96.4 Å². The summed E-state index contributed by atoms with van der Waals surface area (Å²) in [6.45, 7) is 1.29. The van der Waals surface area contributed by atoms with Crippen molar-refractivity contribution in [2.75, 3.05) is 33.4 Å². The number of carbonyl (C=O) groups is 3. The molecule has 0 bridgehead atoms. The molecule has 172 valence electrons. The highest BCUT2D eigenvalue weighted by Gasteiger charge is 2.60. The Balaban J connectivity index is 1.27. The fourth-order valence-corrected chi connectivity index (χ4v) is 5.67. The SMILES string of the molecule is COC(=O)N1CCC2(CC1)CN(C(=O)OCC1c3ccccc3-c3ccccc31)C2C(=O)O. The van der Waals surface area contributed by atoms with Crippen LogP contribution < -0.4 is 0 Å². The number of hydrogen-bond donors (Lipinski definition) is 1. The van der Waals surface area contributed by atoms with E-state index in [4.69, 9.17) is 9.47 Å². The zero-order chi connectivity index (χ0) is 23.2. The van der Waals surface area contributed by atoms with Gasteiger partial charge in [-0.15, -0.1) is 0 Å². The van der Waals surface area contributed by atoms with E-state index in [0.29, 0.717) is 32.5 Å². The summed E-state index contributed by atoms with van der Waals surface area (Å²) >= 11 is 0. The number of ether oxygens (including phenoxy) is 2. The summed E-state index contributed by atoms with van der Waals surface area (Å²) in [6, 6.07) is 15.2. The molecule has 2 aromatic carbocycles. The lowest BCUT2D eigenvalue weighted by Gasteiger charge is -2.57. The second-order valence-electron chi connectivity index (χ2n) is 8.99. The molecule has 0 aromatic heterocycles. The fraction of sp³-hybridized carbons (Fsp3) is 0.400. The molecule has 2 aliphatic heterocycles. The number of fused-ring (bicyclic) bond motifs is 3. The summed E-state index contributed by atoms with van der Waals surface area (Å²) in [5, 5.41) is 9.88. The quantitative estimate of drug-likeness (QED) is 0.768. The zero-order valence-corrected chi connectivity index (χ0v) is 18.4. The van der Waals surface area contributed by atoms with E-state index >= 15 is 0 Å². The summed E-state index contributed by atoms with van der Waals surface area (Å²) < 4.78 is 10.4. The van der Waals surface area contributed by atoms with Gasteiger partial charge in [0.1, 0.15) is 12.6 Å². The van der Waals surface area contributed by atoms with Crippen LogP contribution in [0.5, 0.6) is 0 Å². The highest BCUT2D eigenvalue weighted by Crippen LogP contribution is 2.48. The first-order chi connectivity index (χ1) is 15.9. The predicted octanol–water partition coefficient (Wildman–Crippen LogP) is 3.55. The van der Waals surface area contributed by atoms with Crippen LogP contribution in [0.1, 0.15) is 29.9 Å². The van der Waals surface area contributed by atoms with Crippen molar-refractivity contribution in [1.82, 2.24) is 9.80 Å². The van der Waals surface area contributed by atoms with Gasteiger partial charge in [-0.3, -0.25) is 4.90 Å². The second kappa shape index (κ2) is 8.10. The molecule has 2 saturated heterocycles. The van der Waals surface area contributed by atoms with E-state index in [1.54, 1.807) is 4.90 Å². The molecule has 5 rings (SSSR count). The van der Waals surface area contributed by atoms with Crippen molar-refractivity contribution < 1.29 is 29.0 Å². The van der Waals surface area contributed by atoms with Gasteiger partial charge in [-0.1, -0.05) is 48.5 Å². The van der Waals surface area contributed by atoms with Gasteiger partial charge in [0.15, 0.2) is 0 Å². The first kappa shape index (κ1) is 21.3. The van der Waals surface area contributed by atoms with Crippen LogP contribution in [-0.4, -0.2) is 72.5 Å². The lowest BCUT2D eigenvalue weighted by Crippen LogP contribution is -2.71. The van der Waals surface area contributed by atoms with E-state index in [0.717, 1.165) is 22.3 Å². The monoisotopic (exact) mass is 450 g/mol. The lowest BCUT2D eigenvalue weighted by molar-refractivity contribution is -0.166. The van der Waals surface area contributed by atoms with Gasteiger partial charge in [0.2, 0.25) is 0 Å². The van der Waals surface area contributed by atoms with Crippen molar-refractivity contribution in [1.29, 1.82) is 0 Å². The van der Waals surface area contributed by atoms with Crippen molar-refractivity contribution in [2.24, 2.45) is 5.41 Å². The van der Waals surface area contributed by atoms with Crippen molar-refractivity contribution in [3.8, 4) is 11.1 Å². The molecule has 0 radical (unpaired) electrons. The maximum absolute atomic E-state index is 12.9. The minimum atomic E-state index is -1.04. The van der Waals surface area contributed by atoms with Crippen molar-refractivity contribution in [3.63, 3.8) is 0 Å². The minimum absolute atomic E-state index is 0.0804. The smallest absolute Gasteiger partial charge is 0.410 e. The zero-order valence-electron chi connectivity index (χ0n) is 18.4. The summed E-state index contributed by atoms with van der Waals surface area (Å²) in [4.78, 5) is 39.6. The number of carboxylic acids is 1. The number of hydrogen-bond acceptors (Lipinski definition) is 5. The molecule has 8 nitrogen and oxygen atoms in total. The van der Waals surface area contributed by atoms with E-state index in [9.17, 15) is 19.5 Å². The number of carboxylic acid groups (broad SMARTS) is 1. The number of carbonyl (C=O) groups excluding carboxylic acids is 2. The molecule has 2 fully saturated rings. The second-order valence-corrected chi connectivity index (χ2v) is 8.99.